The number of carboxylic acid groups (broad SMARTS) is 1. The van der Waals surface area contributed by atoms with Crippen LogP contribution in [0.4, 0.5) is 0 Å². The Bertz CT molecular complexity index is 1080. The van der Waals surface area contributed by atoms with Crippen LogP contribution < -0.4 is 0 Å². The average molecular weight is 627 g/mol. The Labute approximate surface area is 258 Å². The molecule has 7 heterocycles. The van der Waals surface area contributed by atoms with Crippen molar-refractivity contribution in [3.05, 3.63) is 0 Å². The number of rotatable bonds is 2. The monoisotopic (exact) mass is 626 g/mol. The number of hydrogen-bond acceptors (Lipinski definition) is 11. The van der Waals surface area contributed by atoms with Crippen molar-refractivity contribution in [2.24, 2.45) is 23.7 Å². The highest BCUT2D eigenvalue weighted by molar-refractivity contribution is 5.67. The second kappa shape index (κ2) is 11.6. The van der Waals surface area contributed by atoms with Gasteiger partial charge in [-0.1, -0.05) is 27.7 Å². The summed E-state index contributed by atoms with van der Waals surface area (Å²) >= 11 is 0. The number of ether oxygens (including phenoxy) is 8. The standard InChI is InChI=1S/C32H50O12/c1-14-6-19-20(39-21-9-24-31(5,43-22(21)7-14)13-37-26(42-24)10-25(34)35)8-23-28(40-19)16(3)27(36)30-29(41-23)15(2)17(4)32(44-30)11-18(33)12-38-32/h14-24,26-30,33,36H,6-13H2,1-5H3,(H,34,35)/t14-,15+,16+,17+,18+,19+,20-,21+,22-,23+,24-,26?,27+,28-,29-,30+,31+,32?/m1/s1. The van der Waals surface area contributed by atoms with Crippen LogP contribution in [0.3, 0.4) is 0 Å². The molecule has 7 aliphatic rings. The van der Waals surface area contributed by atoms with Gasteiger partial charge in [-0.15, -0.1) is 0 Å². The highest BCUT2D eigenvalue weighted by Crippen LogP contribution is 2.51. The van der Waals surface area contributed by atoms with Gasteiger partial charge in [0.05, 0.1) is 80.7 Å². The summed E-state index contributed by atoms with van der Waals surface area (Å²) in [6.07, 6.45) is -2.12. The van der Waals surface area contributed by atoms with Crippen molar-refractivity contribution in [3.8, 4) is 0 Å². The van der Waals surface area contributed by atoms with E-state index in [4.69, 9.17) is 37.9 Å². The summed E-state index contributed by atoms with van der Waals surface area (Å²) in [5, 5.41) is 31.3. The molecule has 0 saturated carbocycles. The number of hydrogen-bond donors (Lipinski definition) is 3. The molecular weight excluding hydrogens is 576 g/mol. The smallest absolute Gasteiger partial charge is 0.308 e. The van der Waals surface area contributed by atoms with Crippen molar-refractivity contribution < 1.29 is 58.0 Å². The molecule has 0 bridgehead atoms. The quantitative estimate of drug-likeness (QED) is 0.411. The lowest BCUT2D eigenvalue weighted by Gasteiger charge is -2.54. The van der Waals surface area contributed by atoms with Crippen molar-refractivity contribution >= 4 is 5.97 Å². The summed E-state index contributed by atoms with van der Waals surface area (Å²) in [4.78, 5) is 11.3. The van der Waals surface area contributed by atoms with Crippen LogP contribution in [0.25, 0.3) is 0 Å². The van der Waals surface area contributed by atoms with E-state index in [0.29, 0.717) is 25.2 Å². The van der Waals surface area contributed by atoms with Crippen LogP contribution in [0.5, 0.6) is 0 Å². The Hall–Kier alpha value is -0.930. The molecule has 44 heavy (non-hydrogen) atoms. The summed E-state index contributed by atoms with van der Waals surface area (Å²) in [5.74, 6) is -1.91. The maximum absolute atomic E-state index is 11.7. The molecule has 7 aliphatic heterocycles. The van der Waals surface area contributed by atoms with Crippen molar-refractivity contribution in [3.63, 3.8) is 0 Å². The predicted molar refractivity (Wildman–Crippen MR) is 151 cm³/mol. The summed E-state index contributed by atoms with van der Waals surface area (Å²) in [5.41, 5.74) is -0.679. The summed E-state index contributed by atoms with van der Waals surface area (Å²) < 4.78 is 51.7. The van der Waals surface area contributed by atoms with E-state index >= 15 is 0 Å². The summed E-state index contributed by atoms with van der Waals surface area (Å²) in [7, 11) is 0. The van der Waals surface area contributed by atoms with Gasteiger partial charge in [-0.2, -0.15) is 0 Å². The van der Waals surface area contributed by atoms with Gasteiger partial charge < -0.3 is 53.2 Å². The minimum absolute atomic E-state index is 0.00821. The van der Waals surface area contributed by atoms with E-state index in [-0.39, 0.29) is 86.2 Å². The molecule has 7 fully saturated rings. The van der Waals surface area contributed by atoms with Crippen LogP contribution in [0, 0.1) is 23.7 Å². The van der Waals surface area contributed by atoms with Gasteiger partial charge in [0.2, 0.25) is 0 Å². The zero-order chi connectivity index (χ0) is 31.1. The minimum atomic E-state index is -0.971. The Kier molecular flexibility index (Phi) is 8.38. The normalized spacial score (nSPS) is 57.4. The molecule has 2 unspecified atom stereocenters. The van der Waals surface area contributed by atoms with Gasteiger partial charge in [-0.05, 0) is 31.6 Å². The van der Waals surface area contributed by atoms with Gasteiger partial charge in [-0.25, -0.2) is 0 Å². The SMILES string of the molecule is C[C@@H]1C[C@@H]2O[C@@H]3[C@@H](C)[C@H](O)[C@@H]4OC5(C[C@H](O)CO5)[C@@H](C)[C@H](C)[C@H]4O[C@H]3C[C@H]2O[C@H]2C[C@H]3OC(CC(=O)O)OC[C@]3(C)O[C@@H]2C1. The van der Waals surface area contributed by atoms with Gasteiger partial charge in [0.25, 0.3) is 0 Å². The molecule has 0 aromatic heterocycles. The number of aliphatic hydroxyl groups excluding tert-OH is 2. The van der Waals surface area contributed by atoms with Gasteiger partial charge in [0.15, 0.2) is 12.1 Å². The Morgan fingerprint density at radius 2 is 1.50 bits per heavy atom. The maximum Gasteiger partial charge on any atom is 0.308 e. The summed E-state index contributed by atoms with van der Waals surface area (Å²) in [6.45, 7) is 10.9. The van der Waals surface area contributed by atoms with Gasteiger partial charge in [-0.3, -0.25) is 4.79 Å². The molecule has 7 rings (SSSR count). The van der Waals surface area contributed by atoms with Crippen molar-refractivity contribution in [1.29, 1.82) is 0 Å². The Balaban J connectivity index is 1.10. The molecule has 12 heteroatoms. The lowest BCUT2D eigenvalue weighted by atomic mass is 9.75. The first-order valence-corrected chi connectivity index (χ1v) is 16.7. The fourth-order valence-corrected chi connectivity index (χ4v) is 9.09. The van der Waals surface area contributed by atoms with Crippen LogP contribution in [0.1, 0.15) is 73.1 Å². The molecule has 0 radical (unpaired) electrons. The van der Waals surface area contributed by atoms with Crippen molar-refractivity contribution in [1.82, 2.24) is 0 Å². The zero-order valence-electron chi connectivity index (χ0n) is 26.4. The van der Waals surface area contributed by atoms with Crippen LogP contribution in [-0.4, -0.2) is 119 Å². The highest BCUT2D eigenvalue weighted by atomic mass is 16.7. The second-order valence-electron chi connectivity index (χ2n) is 15.0. The Morgan fingerprint density at radius 3 is 2.23 bits per heavy atom. The number of fused-ring (bicyclic) bond motifs is 5. The molecular formula is C32H50O12. The predicted octanol–water partition coefficient (Wildman–Crippen LogP) is 2.00. The topological polar surface area (TPSA) is 152 Å². The van der Waals surface area contributed by atoms with E-state index in [1.165, 1.54) is 0 Å². The van der Waals surface area contributed by atoms with Crippen molar-refractivity contribution in [2.45, 2.75) is 158 Å². The van der Waals surface area contributed by atoms with Crippen LogP contribution >= 0.6 is 0 Å². The number of aliphatic carboxylic acids is 1. The van der Waals surface area contributed by atoms with Crippen LogP contribution in [-0.2, 0) is 42.7 Å². The molecule has 18 atom stereocenters. The molecule has 3 N–H and O–H groups in total. The first kappa shape index (κ1) is 31.7. The molecule has 0 aromatic rings. The summed E-state index contributed by atoms with van der Waals surface area (Å²) in [6, 6.07) is 0. The van der Waals surface area contributed by atoms with Crippen LogP contribution in [0.2, 0.25) is 0 Å². The van der Waals surface area contributed by atoms with E-state index in [1.54, 1.807) is 0 Å². The molecule has 250 valence electrons. The van der Waals surface area contributed by atoms with Crippen molar-refractivity contribution in [2.75, 3.05) is 13.2 Å². The first-order chi connectivity index (χ1) is 20.9. The third-order valence-electron chi connectivity index (χ3n) is 11.8. The molecule has 0 amide bonds. The fraction of sp³-hybridized carbons (Fsp3) is 0.969. The molecule has 12 nitrogen and oxygen atoms in total. The molecule has 7 saturated heterocycles. The lowest BCUT2D eigenvalue weighted by molar-refractivity contribution is -0.349. The lowest BCUT2D eigenvalue weighted by Crippen LogP contribution is -2.64. The maximum atomic E-state index is 11.7. The van der Waals surface area contributed by atoms with Gasteiger partial charge in [0.1, 0.15) is 11.7 Å². The second-order valence-corrected chi connectivity index (χ2v) is 15.0. The molecule has 0 aromatic carbocycles. The number of carbonyl (C=O) groups is 1. The van der Waals surface area contributed by atoms with E-state index in [1.807, 2.05) is 13.8 Å². The number of aliphatic hydroxyl groups is 2. The largest absolute Gasteiger partial charge is 0.481 e. The Morgan fingerprint density at radius 1 is 0.795 bits per heavy atom. The van der Waals surface area contributed by atoms with E-state index < -0.39 is 42.0 Å². The number of carboxylic acids is 1. The van der Waals surface area contributed by atoms with Crippen LogP contribution in [0.15, 0.2) is 0 Å². The van der Waals surface area contributed by atoms with Gasteiger partial charge >= 0.3 is 5.97 Å². The van der Waals surface area contributed by atoms with Gasteiger partial charge in [0, 0.05) is 31.1 Å². The first-order valence-electron chi connectivity index (χ1n) is 16.7. The van der Waals surface area contributed by atoms with E-state index in [2.05, 4.69) is 20.8 Å². The minimum Gasteiger partial charge on any atom is -0.481 e. The molecule has 0 aliphatic carbocycles. The zero-order valence-corrected chi connectivity index (χ0v) is 26.4. The fourth-order valence-electron chi connectivity index (χ4n) is 9.09. The molecule has 1 spiro atoms. The third kappa shape index (κ3) is 5.44. The highest BCUT2D eigenvalue weighted by Gasteiger charge is 2.61. The van der Waals surface area contributed by atoms with E-state index in [9.17, 15) is 20.1 Å². The third-order valence-corrected chi connectivity index (χ3v) is 11.8. The average Bonchev–Trinajstić information content (AvgIpc) is 3.30. The van der Waals surface area contributed by atoms with E-state index in [0.717, 1.165) is 12.8 Å².